The molecule has 0 amide bonds. The lowest BCUT2D eigenvalue weighted by Crippen LogP contribution is -2.28. The number of nitrogens with two attached hydrogens (primary N) is 1. The summed E-state index contributed by atoms with van der Waals surface area (Å²) in [5.41, 5.74) is 5.48. The average molecular weight is 264 g/mol. The summed E-state index contributed by atoms with van der Waals surface area (Å²) in [6, 6.07) is 1.98. The van der Waals surface area contributed by atoms with Crippen molar-refractivity contribution in [2.24, 2.45) is 11.7 Å². The van der Waals surface area contributed by atoms with E-state index in [9.17, 15) is 0 Å². The molecule has 6 nitrogen and oxygen atoms in total. The minimum atomic E-state index is 0.601. The molecule has 0 saturated carbocycles. The number of likely N-dealkylation sites (tertiary alicyclic amines) is 1. The van der Waals surface area contributed by atoms with Gasteiger partial charge in [-0.1, -0.05) is 0 Å². The molecule has 6 heteroatoms. The van der Waals surface area contributed by atoms with Crippen LogP contribution in [0.3, 0.4) is 0 Å². The van der Waals surface area contributed by atoms with Gasteiger partial charge in [0.25, 0.3) is 0 Å². The Balaban J connectivity index is 1.92. The first-order valence-electron chi connectivity index (χ1n) is 6.84. The van der Waals surface area contributed by atoms with Gasteiger partial charge in [0.1, 0.15) is 18.0 Å². The molecule has 1 aliphatic rings. The van der Waals surface area contributed by atoms with Crippen LogP contribution in [0.2, 0.25) is 0 Å². The zero-order valence-corrected chi connectivity index (χ0v) is 11.8. The molecule has 1 saturated heterocycles. The van der Waals surface area contributed by atoms with Crippen LogP contribution >= 0.6 is 0 Å². The lowest BCUT2D eigenvalue weighted by atomic mass is 10.1. The van der Waals surface area contributed by atoms with E-state index >= 15 is 0 Å². The van der Waals surface area contributed by atoms with E-state index < -0.39 is 0 Å². The van der Waals surface area contributed by atoms with E-state index in [1.807, 2.05) is 6.07 Å². The van der Waals surface area contributed by atoms with E-state index in [0.717, 1.165) is 30.6 Å². The third-order valence-corrected chi connectivity index (χ3v) is 3.52. The molecule has 1 aliphatic heterocycles. The highest BCUT2D eigenvalue weighted by atomic mass is 15.2. The summed E-state index contributed by atoms with van der Waals surface area (Å²) in [5.74, 6) is 2.53. The molecule has 0 bridgehead atoms. The molecule has 0 aliphatic carbocycles. The van der Waals surface area contributed by atoms with Gasteiger partial charge in [-0.15, -0.1) is 0 Å². The van der Waals surface area contributed by atoms with Gasteiger partial charge in [0.15, 0.2) is 0 Å². The van der Waals surface area contributed by atoms with Gasteiger partial charge in [-0.25, -0.2) is 9.97 Å². The smallest absolute Gasteiger partial charge is 0.133 e. The lowest BCUT2D eigenvalue weighted by molar-refractivity contribution is 0.395. The van der Waals surface area contributed by atoms with Crippen molar-refractivity contribution in [3.8, 4) is 0 Å². The molecule has 19 heavy (non-hydrogen) atoms. The van der Waals surface area contributed by atoms with Crippen molar-refractivity contribution < 1.29 is 0 Å². The highest BCUT2D eigenvalue weighted by Gasteiger charge is 2.21. The van der Waals surface area contributed by atoms with E-state index in [2.05, 4.69) is 39.2 Å². The van der Waals surface area contributed by atoms with E-state index in [1.54, 1.807) is 6.33 Å². The Morgan fingerprint density at radius 1 is 1.53 bits per heavy atom. The van der Waals surface area contributed by atoms with Crippen LogP contribution in [0.5, 0.6) is 0 Å². The van der Waals surface area contributed by atoms with Crippen molar-refractivity contribution in [3.05, 3.63) is 12.4 Å². The first-order valence-corrected chi connectivity index (χ1v) is 6.84. The van der Waals surface area contributed by atoms with Gasteiger partial charge in [0.2, 0.25) is 0 Å². The fraction of sp³-hybridized carbons (Fsp3) is 0.692. The molecule has 0 radical (unpaired) electrons. The summed E-state index contributed by atoms with van der Waals surface area (Å²) in [7, 11) is 4.27. The number of nitrogens with zero attached hydrogens (tertiary/aromatic N) is 4. The normalized spacial score (nSPS) is 19.6. The predicted octanol–water partition coefficient (Wildman–Crippen LogP) is 0.235. The van der Waals surface area contributed by atoms with E-state index in [-0.39, 0.29) is 0 Å². The van der Waals surface area contributed by atoms with Gasteiger partial charge in [-0.2, -0.15) is 0 Å². The predicted molar refractivity (Wildman–Crippen MR) is 78.5 cm³/mol. The molecular formula is C13H24N6. The highest BCUT2D eigenvalue weighted by Crippen LogP contribution is 2.19. The quantitative estimate of drug-likeness (QED) is 0.767. The number of hydrogen-bond acceptors (Lipinski definition) is 6. The van der Waals surface area contributed by atoms with Gasteiger partial charge in [-0.3, -0.25) is 0 Å². The van der Waals surface area contributed by atoms with Crippen LogP contribution in [0, 0.1) is 5.92 Å². The molecule has 3 N–H and O–H groups in total. The van der Waals surface area contributed by atoms with E-state index in [4.69, 9.17) is 5.73 Å². The zero-order valence-electron chi connectivity index (χ0n) is 11.8. The number of nitrogens with one attached hydrogen (secondary N) is 1. The number of hydrogen-bond donors (Lipinski definition) is 2. The second-order valence-electron chi connectivity index (χ2n) is 5.27. The molecule has 106 valence electrons. The molecule has 1 fully saturated rings. The average Bonchev–Trinajstić information content (AvgIpc) is 2.82. The molecular weight excluding hydrogens is 240 g/mol. The Kier molecular flexibility index (Phi) is 4.93. The molecule has 1 atom stereocenters. The van der Waals surface area contributed by atoms with E-state index in [1.165, 1.54) is 19.5 Å². The minimum absolute atomic E-state index is 0.601. The monoisotopic (exact) mass is 264 g/mol. The van der Waals surface area contributed by atoms with Crippen molar-refractivity contribution in [2.45, 2.75) is 6.42 Å². The molecule has 2 rings (SSSR count). The second kappa shape index (κ2) is 6.68. The SMILES string of the molecule is CN1CCC(CN(C)c2cc(NCCN)ncn2)C1. The van der Waals surface area contributed by atoms with Gasteiger partial charge < -0.3 is 20.9 Å². The molecule has 1 unspecified atom stereocenters. The molecule has 1 aromatic rings. The lowest BCUT2D eigenvalue weighted by Gasteiger charge is -2.22. The van der Waals surface area contributed by atoms with Crippen LogP contribution in [0.1, 0.15) is 6.42 Å². The third kappa shape index (κ3) is 4.04. The highest BCUT2D eigenvalue weighted by molar-refractivity contribution is 5.47. The second-order valence-corrected chi connectivity index (χ2v) is 5.27. The third-order valence-electron chi connectivity index (χ3n) is 3.52. The number of aromatic nitrogens is 2. The fourth-order valence-electron chi connectivity index (χ4n) is 2.51. The molecule has 0 spiro atoms. The topological polar surface area (TPSA) is 70.3 Å². The number of anilines is 2. The van der Waals surface area contributed by atoms with Crippen LogP contribution in [-0.2, 0) is 0 Å². The Labute approximate surface area is 115 Å². The van der Waals surface area contributed by atoms with Gasteiger partial charge in [0.05, 0.1) is 0 Å². The summed E-state index contributed by atoms with van der Waals surface area (Å²) in [6.07, 6.45) is 2.87. The van der Waals surface area contributed by atoms with Gasteiger partial charge in [-0.05, 0) is 25.9 Å². The first-order chi connectivity index (χ1) is 9.19. The fourth-order valence-corrected chi connectivity index (χ4v) is 2.51. The Morgan fingerprint density at radius 2 is 2.37 bits per heavy atom. The summed E-state index contributed by atoms with van der Waals surface area (Å²) in [5, 5.41) is 3.18. The molecule has 0 aromatic carbocycles. The van der Waals surface area contributed by atoms with E-state index in [0.29, 0.717) is 6.54 Å². The summed E-state index contributed by atoms with van der Waals surface area (Å²) in [6.45, 7) is 4.74. The minimum Gasteiger partial charge on any atom is -0.369 e. The molecule has 1 aromatic heterocycles. The molecule has 2 heterocycles. The van der Waals surface area contributed by atoms with Gasteiger partial charge in [0, 0.05) is 39.3 Å². The van der Waals surface area contributed by atoms with Crippen molar-refractivity contribution in [2.75, 3.05) is 57.0 Å². The van der Waals surface area contributed by atoms with Crippen LogP contribution in [0.15, 0.2) is 12.4 Å². The Bertz CT molecular complexity index is 396. The van der Waals surface area contributed by atoms with Crippen molar-refractivity contribution in [3.63, 3.8) is 0 Å². The zero-order chi connectivity index (χ0) is 13.7. The Hall–Kier alpha value is -1.40. The maximum absolute atomic E-state index is 5.48. The van der Waals surface area contributed by atoms with Crippen molar-refractivity contribution in [1.29, 1.82) is 0 Å². The maximum atomic E-state index is 5.48. The standard InChI is InChI=1S/C13H24N6/c1-18-6-3-11(8-18)9-19(2)13-7-12(15-5-4-14)16-10-17-13/h7,10-11H,3-6,8-9,14H2,1-2H3,(H,15,16,17). The summed E-state index contributed by atoms with van der Waals surface area (Å²) in [4.78, 5) is 13.1. The van der Waals surface area contributed by atoms with Crippen LogP contribution < -0.4 is 16.0 Å². The van der Waals surface area contributed by atoms with Crippen molar-refractivity contribution in [1.82, 2.24) is 14.9 Å². The summed E-state index contributed by atoms with van der Waals surface area (Å²) < 4.78 is 0. The van der Waals surface area contributed by atoms with Crippen LogP contribution in [0.4, 0.5) is 11.6 Å². The Morgan fingerprint density at radius 3 is 3.05 bits per heavy atom. The maximum Gasteiger partial charge on any atom is 0.133 e. The first kappa shape index (κ1) is 14.0. The van der Waals surface area contributed by atoms with Gasteiger partial charge >= 0.3 is 0 Å². The largest absolute Gasteiger partial charge is 0.369 e. The number of rotatable bonds is 6. The summed E-state index contributed by atoms with van der Waals surface area (Å²) >= 11 is 0. The van der Waals surface area contributed by atoms with Crippen LogP contribution in [-0.4, -0.2) is 61.7 Å². The van der Waals surface area contributed by atoms with Crippen LogP contribution in [0.25, 0.3) is 0 Å². The van der Waals surface area contributed by atoms with Crippen molar-refractivity contribution >= 4 is 11.6 Å².